The SMILES string of the molecule is CC(C)(C)OC(=O)CCN(CCC(=O)OC(C)(C)C)CCC(=O)OC(C)(C)C.CCCCOC(=O)CCN(CCC(=O)OCCCC)CCC(=O)OCCCC.CCCOC(=O)CCN(CCC(=O)OCCC)CCC(=O)OCCC.CCOC(=O)CCN(CCC(=O)OCC)CCC(=O)OCC.COC(=O)CCN(CCC(=O)OC)CCC(=O)OC. The number of methoxy groups -OCH3 is 3. The average molecular weight is 1760 g/mol. The second-order valence-corrected chi connectivity index (χ2v) is 30.7. The van der Waals surface area contributed by atoms with E-state index < -0.39 is 16.8 Å². The number of esters is 15. The third kappa shape index (κ3) is 89.6. The molecule has 0 unspecified atom stereocenters. The Morgan fingerprint density at radius 2 is 0.328 bits per heavy atom. The van der Waals surface area contributed by atoms with E-state index in [4.69, 9.17) is 56.8 Å². The molecule has 0 fully saturated rings. The van der Waals surface area contributed by atoms with Crippen LogP contribution in [0.1, 0.15) is 279 Å². The second-order valence-electron chi connectivity index (χ2n) is 30.7. The number of nitrogens with zero attached hydrogens (tertiary/aromatic N) is 5. The number of unbranched alkanes of at least 4 members (excludes halogenated alkanes) is 3. The molecule has 0 spiro atoms. The molecule has 122 heavy (non-hydrogen) atoms. The fraction of sp³-hybridized carbons (Fsp3) is 0.828. The molecule has 35 heteroatoms. The molecule has 35 nitrogen and oxygen atoms in total. The van der Waals surface area contributed by atoms with Crippen LogP contribution in [0.2, 0.25) is 0 Å². The van der Waals surface area contributed by atoms with Gasteiger partial charge >= 0.3 is 89.5 Å². The third-order valence-corrected chi connectivity index (χ3v) is 16.0. The molecular weight excluding hydrogens is 1590 g/mol. The van der Waals surface area contributed by atoms with Crippen molar-refractivity contribution in [1.29, 1.82) is 0 Å². The highest BCUT2D eigenvalue weighted by atomic mass is 16.6. The van der Waals surface area contributed by atoms with Crippen LogP contribution in [-0.2, 0) is 143 Å². The van der Waals surface area contributed by atoms with Crippen molar-refractivity contribution in [2.24, 2.45) is 0 Å². The van der Waals surface area contributed by atoms with Gasteiger partial charge in [-0.15, -0.1) is 0 Å². The molecule has 0 N–H and O–H groups in total. The standard InChI is InChI=1S/2C21H39NO6.C18H33NO6.C15H27NO6.C12H21NO6/c1-19(2,3)26-16(23)10-13-22(14-11-17(24)27-20(4,5)6)15-12-18(25)28-21(7,8)9;1-4-7-16-26-19(23)10-13-22(14-11-20(24)27-17-8-5-2)15-12-21(25)28-18-9-6-3;1-4-13-23-16(20)7-10-19(11-8-17(21)24-14-5-2)12-9-18(22)25-15-6-3;1-4-20-13(17)7-10-16(11-8-14(18)21-5-2)12-9-15(19)22-6-3;1-17-10(14)4-7-13(8-5-11(15)18-2)9-6-12(16)19-3/h10-15H2,1-9H3;4-18H2,1-3H3;4-15H2,1-3H3;4-12H2,1-3H3;4-9H2,1-3H3. The number of ether oxygens (including phenoxy) is 15. The van der Waals surface area contributed by atoms with Gasteiger partial charge in [0.25, 0.3) is 0 Å². The first-order valence-electron chi connectivity index (χ1n) is 43.5. The molecule has 712 valence electrons. The fourth-order valence-electron chi connectivity index (χ4n) is 9.67. The molecular formula is C87H159N5O30. The van der Waals surface area contributed by atoms with Gasteiger partial charge in [0.1, 0.15) is 16.8 Å². The number of carbonyl (C=O) groups excluding carboxylic acids is 15. The lowest BCUT2D eigenvalue weighted by atomic mass is 10.2. The van der Waals surface area contributed by atoms with Gasteiger partial charge in [-0.3, -0.25) is 71.9 Å². The highest BCUT2D eigenvalue weighted by Crippen LogP contribution is 2.14. The summed E-state index contributed by atoms with van der Waals surface area (Å²) in [5.74, 6) is -4.38. The number of rotatable bonds is 63. The van der Waals surface area contributed by atoms with Gasteiger partial charge in [0, 0.05) is 98.2 Å². The van der Waals surface area contributed by atoms with Crippen LogP contribution in [0.4, 0.5) is 0 Å². The smallest absolute Gasteiger partial charge is 0.307 e. The first kappa shape index (κ1) is 122. The van der Waals surface area contributed by atoms with Gasteiger partial charge < -0.3 is 95.6 Å². The molecule has 0 rings (SSSR count). The molecule has 0 saturated carbocycles. The number of hydrogen-bond donors (Lipinski definition) is 0. The monoisotopic (exact) mass is 1750 g/mol. The summed E-state index contributed by atoms with van der Waals surface area (Å²) in [5.41, 5.74) is -1.64. The van der Waals surface area contributed by atoms with Gasteiger partial charge in [0.2, 0.25) is 0 Å². The fourth-order valence-corrected chi connectivity index (χ4v) is 9.67. The number of hydrogen-bond acceptors (Lipinski definition) is 35. The highest BCUT2D eigenvalue weighted by molar-refractivity contribution is 5.75. The van der Waals surface area contributed by atoms with Crippen molar-refractivity contribution in [2.75, 3.05) is 179 Å². The summed E-state index contributed by atoms with van der Waals surface area (Å²) >= 11 is 0. The molecule has 0 aromatic rings. The minimum atomic E-state index is -0.547. The van der Waals surface area contributed by atoms with E-state index in [-0.39, 0.29) is 186 Å². The summed E-state index contributed by atoms with van der Waals surface area (Å²) in [5, 5.41) is 0. The van der Waals surface area contributed by atoms with E-state index in [9.17, 15) is 71.9 Å². The molecule has 0 amide bonds. The lowest BCUT2D eigenvalue weighted by Gasteiger charge is -2.25. The molecule has 0 aliphatic rings. The predicted octanol–water partition coefficient (Wildman–Crippen LogP) is 10.4. The van der Waals surface area contributed by atoms with Crippen molar-refractivity contribution in [3.8, 4) is 0 Å². The zero-order valence-corrected chi connectivity index (χ0v) is 78.4. The van der Waals surface area contributed by atoms with E-state index in [0.717, 1.165) is 57.8 Å². The minimum Gasteiger partial charge on any atom is -0.469 e. The third-order valence-electron chi connectivity index (χ3n) is 16.0. The predicted molar refractivity (Wildman–Crippen MR) is 456 cm³/mol. The van der Waals surface area contributed by atoms with Crippen LogP contribution < -0.4 is 0 Å². The van der Waals surface area contributed by atoms with Crippen molar-refractivity contribution in [2.45, 2.75) is 296 Å². The van der Waals surface area contributed by atoms with Crippen molar-refractivity contribution >= 4 is 89.5 Å². The Kier molecular flexibility index (Phi) is 80.2. The van der Waals surface area contributed by atoms with Crippen LogP contribution in [0.25, 0.3) is 0 Å². The summed E-state index contributed by atoms with van der Waals surface area (Å²) in [6.45, 7) is 43.3. The Morgan fingerprint density at radius 3 is 0.459 bits per heavy atom. The lowest BCUT2D eigenvalue weighted by molar-refractivity contribution is -0.156. The first-order chi connectivity index (χ1) is 57.6. The molecule has 0 aromatic heterocycles. The Hall–Kier alpha value is -8.15. The minimum absolute atomic E-state index is 0.180. The molecule has 0 heterocycles. The zero-order chi connectivity index (χ0) is 93.6. The average Bonchev–Trinajstić information content (AvgIpc) is 0.910. The normalized spacial score (nSPS) is 11.0. The first-order valence-corrected chi connectivity index (χ1v) is 43.5. The Bertz CT molecular complexity index is 2550. The molecule has 0 bridgehead atoms. The summed E-state index contributed by atoms with van der Waals surface area (Å²) < 4.78 is 74.9. The lowest BCUT2D eigenvalue weighted by Crippen LogP contribution is -2.35. The second kappa shape index (κ2) is 80.0. The van der Waals surface area contributed by atoms with Crippen LogP contribution in [0.5, 0.6) is 0 Å². The topological polar surface area (TPSA) is 411 Å². The molecule has 0 saturated heterocycles. The molecule has 0 radical (unpaired) electrons. The maximum atomic E-state index is 12.0. The van der Waals surface area contributed by atoms with E-state index in [1.54, 1.807) is 20.8 Å². The van der Waals surface area contributed by atoms with Gasteiger partial charge in [-0.05, 0) is 122 Å². The molecule has 0 aliphatic carbocycles. The maximum absolute atomic E-state index is 12.0. The Morgan fingerprint density at radius 1 is 0.189 bits per heavy atom. The Labute approximate surface area is 728 Å². The largest absolute Gasteiger partial charge is 0.469 e. The van der Waals surface area contributed by atoms with E-state index in [2.05, 4.69) is 14.2 Å². The van der Waals surface area contributed by atoms with Crippen LogP contribution in [0.3, 0.4) is 0 Å². The Balaban J connectivity index is -0.000000471. The summed E-state index contributed by atoms with van der Waals surface area (Å²) in [6, 6.07) is 0. The molecule has 0 aromatic carbocycles. The van der Waals surface area contributed by atoms with E-state index in [1.165, 1.54) is 21.3 Å². The van der Waals surface area contributed by atoms with E-state index in [0.29, 0.717) is 158 Å². The van der Waals surface area contributed by atoms with Crippen molar-refractivity contribution < 1.29 is 143 Å². The summed E-state index contributed by atoms with van der Waals surface area (Å²) in [6.07, 6.45) is 11.0. The van der Waals surface area contributed by atoms with Gasteiger partial charge in [-0.25, -0.2) is 0 Å². The summed E-state index contributed by atoms with van der Waals surface area (Å²) in [7, 11) is 3.95. The van der Waals surface area contributed by atoms with Crippen molar-refractivity contribution in [3.05, 3.63) is 0 Å². The zero-order valence-electron chi connectivity index (χ0n) is 78.4. The van der Waals surface area contributed by atoms with Gasteiger partial charge in [-0.1, -0.05) is 60.8 Å². The van der Waals surface area contributed by atoms with E-state index in [1.807, 2.05) is 128 Å². The quantitative estimate of drug-likeness (QED) is 0.0310. The van der Waals surface area contributed by atoms with Gasteiger partial charge in [0.05, 0.1) is 177 Å². The highest BCUT2D eigenvalue weighted by Gasteiger charge is 2.24. The molecule has 0 aliphatic heterocycles. The maximum Gasteiger partial charge on any atom is 0.307 e. The van der Waals surface area contributed by atoms with Gasteiger partial charge in [0.15, 0.2) is 0 Å². The van der Waals surface area contributed by atoms with Crippen molar-refractivity contribution in [3.63, 3.8) is 0 Å². The van der Waals surface area contributed by atoms with Crippen LogP contribution >= 0.6 is 0 Å². The van der Waals surface area contributed by atoms with Crippen molar-refractivity contribution in [1.82, 2.24) is 24.5 Å². The summed E-state index contributed by atoms with van der Waals surface area (Å²) in [4.78, 5) is 183. The number of carbonyl (C=O) groups is 15. The van der Waals surface area contributed by atoms with E-state index >= 15 is 0 Å². The van der Waals surface area contributed by atoms with Crippen LogP contribution in [0, 0.1) is 0 Å². The van der Waals surface area contributed by atoms with Crippen LogP contribution in [0.15, 0.2) is 0 Å². The van der Waals surface area contributed by atoms with Gasteiger partial charge in [-0.2, -0.15) is 0 Å². The molecule has 0 atom stereocenters. The van der Waals surface area contributed by atoms with Crippen LogP contribution in [-0.4, -0.2) is 310 Å².